The van der Waals surface area contributed by atoms with Crippen molar-refractivity contribution in [2.24, 2.45) is 5.10 Å². The van der Waals surface area contributed by atoms with Gasteiger partial charge in [0.05, 0.1) is 26.0 Å². The lowest BCUT2D eigenvalue weighted by molar-refractivity contribution is -0.123. The molecular formula is C28H24N2O6. The summed E-state index contributed by atoms with van der Waals surface area (Å²) in [4.78, 5) is 25.0. The molecule has 8 nitrogen and oxygen atoms in total. The summed E-state index contributed by atoms with van der Waals surface area (Å²) in [6, 6.07) is 24.8. The van der Waals surface area contributed by atoms with Crippen LogP contribution in [0.25, 0.3) is 10.8 Å². The highest BCUT2D eigenvalue weighted by Crippen LogP contribution is 2.28. The summed E-state index contributed by atoms with van der Waals surface area (Å²) in [5.74, 6) is 0.910. The minimum absolute atomic E-state index is 0.257. The van der Waals surface area contributed by atoms with Gasteiger partial charge in [-0.05, 0) is 53.2 Å². The first-order valence-corrected chi connectivity index (χ1v) is 11.0. The van der Waals surface area contributed by atoms with Crippen molar-refractivity contribution in [2.45, 2.75) is 0 Å². The van der Waals surface area contributed by atoms with Crippen molar-refractivity contribution in [1.82, 2.24) is 5.43 Å². The lowest BCUT2D eigenvalue weighted by atomic mass is 10.0. The molecule has 4 aromatic rings. The zero-order valence-corrected chi connectivity index (χ0v) is 19.8. The Hall–Kier alpha value is -4.85. The topological polar surface area (TPSA) is 95.5 Å². The highest BCUT2D eigenvalue weighted by atomic mass is 16.5. The molecule has 4 aromatic carbocycles. The third-order valence-corrected chi connectivity index (χ3v) is 5.27. The van der Waals surface area contributed by atoms with Gasteiger partial charge in [0.1, 0.15) is 11.5 Å². The Bertz CT molecular complexity index is 1400. The lowest BCUT2D eigenvalue weighted by Crippen LogP contribution is -2.24. The molecule has 0 aliphatic carbocycles. The second-order valence-corrected chi connectivity index (χ2v) is 7.55. The van der Waals surface area contributed by atoms with Gasteiger partial charge >= 0.3 is 5.97 Å². The van der Waals surface area contributed by atoms with Crippen LogP contribution in [-0.2, 0) is 4.79 Å². The Morgan fingerprint density at radius 1 is 0.806 bits per heavy atom. The van der Waals surface area contributed by atoms with Crippen molar-refractivity contribution in [3.8, 4) is 23.0 Å². The van der Waals surface area contributed by atoms with Gasteiger partial charge in [-0.1, -0.05) is 42.5 Å². The van der Waals surface area contributed by atoms with Crippen LogP contribution in [0, 0.1) is 0 Å². The summed E-state index contributed by atoms with van der Waals surface area (Å²) in [7, 11) is 3.08. The maximum atomic E-state index is 12.8. The van der Waals surface area contributed by atoms with E-state index in [4.69, 9.17) is 18.9 Å². The van der Waals surface area contributed by atoms with Gasteiger partial charge in [-0.2, -0.15) is 5.10 Å². The van der Waals surface area contributed by atoms with E-state index in [0.717, 1.165) is 10.8 Å². The van der Waals surface area contributed by atoms with E-state index in [1.165, 1.54) is 13.3 Å². The zero-order chi connectivity index (χ0) is 25.3. The number of hydrazone groups is 1. The molecule has 0 spiro atoms. The van der Waals surface area contributed by atoms with E-state index in [-0.39, 0.29) is 6.61 Å². The summed E-state index contributed by atoms with van der Waals surface area (Å²) in [5, 5.41) is 5.80. The fourth-order valence-corrected chi connectivity index (χ4v) is 3.47. The Kier molecular flexibility index (Phi) is 7.77. The number of carbonyl (C=O) groups excluding carboxylic acids is 2. The largest absolute Gasteiger partial charge is 0.497 e. The summed E-state index contributed by atoms with van der Waals surface area (Å²) in [5.41, 5.74) is 3.35. The fraction of sp³-hybridized carbons (Fsp3) is 0.107. The number of ether oxygens (including phenoxy) is 4. The van der Waals surface area contributed by atoms with Gasteiger partial charge in [0.15, 0.2) is 18.1 Å². The van der Waals surface area contributed by atoms with Gasteiger partial charge in [0.2, 0.25) is 0 Å². The number of fused-ring (bicyclic) bond motifs is 1. The van der Waals surface area contributed by atoms with Crippen LogP contribution in [0.2, 0.25) is 0 Å². The molecule has 0 aliphatic rings. The van der Waals surface area contributed by atoms with Crippen LogP contribution in [0.1, 0.15) is 15.9 Å². The second-order valence-electron chi connectivity index (χ2n) is 7.55. The molecule has 0 aliphatic heterocycles. The Balaban J connectivity index is 1.50. The van der Waals surface area contributed by atoms with Crippen molar-refractivity contribution in [1.29, 1.82) is 0 Å². The smallest absolute Gasteiger partial charge is 0.343 e. The lowest BCUT2D eigenvalue weighted by Gasteiger charge is -2.11. The molecule has 0 atom stereocenters. The van der Waals surface area contributed by atoms with E-state index in [1.807, 2.05) is 30.3 Å². The SMILES string of the molecule is COc1ccc(C(=O)Oc2ccc3ccccc3c2/C=N\NC(=O)COc2ccccc2OC)cc1. The number of rotatable bonds is 9. The van der Waals surface area contributed by atoms with Gasteiger partial charge in [-0.15, -0.1) is 0 Å². The summed E-state index contributed by atoms with van der Waals surface area (Å²) in [6.07, 6.45) is 1.44. The molecule has 0 bridgehead atoms. The number of amides is 1. The molecule has 0 saturated carbocycles. The Morgan fingerprint density at radius 2 is 1.53 bits per heavy atom. The molecule has 0 aromatic heterocycles. The second kappa shape index (κ2) is 11.5. The van der Waals surface area contributed by atoms with E-state index in [2.05, 4.69) is 10.5 Å². The predicted molar refractivity (Wildman–Crippen MR) is 136 cm³/mol. The highest BCUT2D eigenvalue weighted by Gasteiger charge is 2.14. The minimum atomic E-state index is -0.531. The molecular weight excluding hydrogens is 460 g/mol. The average molecular weight is 485 g/mol. The van der Waals surface area contributed by atoms with Crippen LogP contribution in [0.15, 0.2) is 90.0 Å². The fourth-order valence-electron chi connectivity index (χ4n) is 3.47. The number of nitrogens with one attached hydrogen (secondary N) is 1. The first-order chi connectivity index (χ1) is 17.6. The van der Waals surface area contributed by atoms with Crippen molar-refractivity contribution in [3.63, 3.8) is 0 Å². The van der Waals surface area contributed by atoms with Gasteiger partial charge in [0.25, 0.3) is 5.91 Å². The van der Waals surface area contributed by atoms with Crippen molar-refractivity contribution in [2.75, 3.05) is 20.8 Å². The first-order valence-electron chi connectivity index (χ1n) is 11.0. The maximum Gasteiger partial charge on any atom is 0.343 e. The molecule has 36 heavy (non-hydrogen) atoms. The first kappa shape index (κ1) is 24.3. The number of benzene rings is 4. The molecule has 1 N–H and O–H groups in total. The van der Waals surface area contributed by atoms with Gasteiger partial charge < -0.3 is 18.9 Å². The molecule has 182 valence electrons. The Labute approximate surface area is 208 Å². The zero-order valence-electron chi connectivity index (χ0n) is 19.8. The third kappa shape index (κ3) is 5.79. The number of esters is 1. The van der Waals surface area contributed by atoms with E-state index in [1.54, 1.807) is 61.7 Å². The van der Waals surface area contributed by atoms with Crippen LogP contribution >= 0.6 is 0 Å². The van der Waals surface area contributed by atoms with Crippen molar-refractivity contribution < 1.29 is 28.5 Å². The third-order valence-electron chi connectivity index (χ3n) is 5.27. The Morgan fingerprint density at radius 3 is 2.28 bits per heavy atom. The van der Waals surface area contributed by atoms with E-state index in [0.29, 0.717) is 34.1 Å². The summed E-state index contributed by atoms with van der Waals surface area (Å²) >= 11 is 0. The number of nitrogens with zero attached hydrogens (tertiary/aromatic N) is 1. The number of para-hydroxylation sites is 2. The normalized spacial score (nSPS) is 10.7. The molecule has 8 heteroatoms. The molecule has 0 radical (unpaired) electrons. The van der Waals surface area contributed by atoms with Crippen LogP contribution in [0.3, 0.4) is 0 Å². The average Bonchev–Trinajstić information content (AvgIpc) is 2.93. The van der Waals surface area contributed by atoms with Gasteiger partial charge in [-0.3, -0.25) is 4.79 Å². The summed E-state index contributed by atoms with van der Waals surface area (Å²) in [6.45, 7) is -0.257. The molecule has 0 heterocycles. The van der Waals surface area contributed by atoms with Crippen LogP contribution < -0.4 is 24.4 Å². The molecule has 0 unspecified atom stereocenters. The number of carbonyl (C=O) groups is 2. The molecule has 0 saturated heterocycles. The molecule has 0 fully saturated rings. The number of hydrogen-bond acceptors (Lipinski definition) is 7. The number of methoxy groups -OCH3 is 2. The molecule has 4 rings (SSSR count). The van der Waals surface area contributed by atoms with Gasteiger partial charge in [-0.25, -0.2) is 10.2 Å². The maximum absolute atomic E-state index is 12.8. The predicted octanol–water partition coefficient (Wildman–Crippen LogP) is 4.61. The quantitative estimate of drug-likeness (QED) is 0.161. The highest BCUT2D eigenvalue weighted by molar-refractivity contribution is 6.04. The molecule has 1 amide bonds. The van der Waals surface area contributed by atoms with E-state index >= 15 is 0 Å². The monoisotopic (exact) mass is 484 g/mol. The van der Waals surface area contributed by atoms with E-state index in [9.17, 15) is 9.59 Å². The van der Waals surface area contributed by atoms with Crippen LogP contribution in [-0.4, -0.2) is 38.9 Å². The van der Waals surface area contributed by atoms with Crippen molar-refractivity contribution in [3.05, 3.63) is 96.1 Å². The standard InChI is InChI=1S/C28H24N2O6/c1-33-21-14-11-20(12-15-21)28(32)36-24-16-13-19-7-3-4-8-22(19)23(24)17-29-30-27(31)18-35-26-10-6-5-9-25(26)34-2/h3-17H,18H2,1-2H3,(H,30,31)/b29-17-. The van der Waals surface area contributed by atoms with E-state index < -0.39 is 11.9 Å². The van der Waals surface area contributed by atoms with Crippen LogP contribution in [0.5, 0.6) is 23.0 Å². The van der Waals surface area contributed by atoms with Crippen molar-refractivity contribution >= 4 is 28.9 Å². The van der Waals surface area contributed by atoms with Crippen LogP contribution in [0.4, 0.5) is 0 Å². The van der Waals surface area contributed by atoms with Gasteiger partial charge in [0, 0.05) is 5.56 Å². The minimum Gasteiger partial charge on any atom is -0.497 e. The summed E-state index contributed by atoms with van der Waals surface area (Å²) < 4.78 is 21.5. The number of hydrogen-bond donors (Lipinski definition) is 1.